The van der Waals surface area contributed by atoms with Gasteiger partial charge in [-0.3, -0.25) is 9.89 Å². The molecule has 2 saturated carbocycles. The average Bonchev–Trinajstić information content (AvgIpc) is 3.11. The van der Waals surface area contributed by atoms with E-state index in [9.17, 15) is 4.79 Å². The van der Waals surface area contributed by atoms with Crippen molar-refractivity contribution in [2.24, 2.45) is 11.8 Å². The van der Waals surface area contributed by atoms with Crippen LogP contribution in [-0.2, 0) is 4.79 Å². The number of H-pyrrole nitrogens is 1. The molecule has 4 rings (SSSR count). The van der Waals surface area contributed by atoms with Crippen molar-refractivity contribution >= 4 is 5.91 Å². The third-order valence-electron chi connectivity index (χ3n) is 6.24. The van der Waals surface area contributed by atoms with Gasteiger partial charge in [0.2, 0.25) is 5.91 Å². The summed E-state index contributed by atoms with van der Waals surface area (Å²) in [6.07, 6.45) is 11.0. The Labute approximate surface area is 144 Å². The van der Waals surface area contributed by atoms with Crippen molar-refractivity contribution < 1.29 is 4.79 Å². The van der Waals surface area contributed by atoms with E-state index in [2.05, 4.69) is 22.0 Å². The van der Waals surface area contributed by atoms with Crippen LogP contribution in [0.2, 0.25) is 0 Å². The third kappa shape index (κ3) is 3.50. The minimum atomic E-state index is 0.191. The van der Waals surface area contributed by atoms with Crippen molar-refractivity contribution in [3.63, 3.8) is 0 Å². The van der Waals surface area contributed by atoms with Gasteiger partial charge in [0.15, 0.2) is 5.82 Å². The summed E-state index contributed by atoms with van der Waals surface area (Å²) >= 11 is 0. The van der Waals surface area contributed by atoms with E-state index in [1.54, 1.807) is 0 Å². The molecule has 0 aromatic carbocycles. The monoisotopic (exact) mass is 330 g/mol. The number of hydrogen-bond donors (Lipinski definition) is 1. The van der Waals surface area contributed by atoms with E-state index in [-0.39, 0.29) is 5.92 Å². The molecule has 3 aliphatic rings. The summed E-state index contributed by atoms with van der Waals surface area (Å²) in [4.78, 5) is 19.5. The number of carbonyl (C=O) groups excluding carboxylic acids is 1. The summed E-state index contributed by atoms with van der Waals surface area (Å²) in [6.45, 7) is 3.88. The summed E-state index contributed by atoms with van der Waals surface area (Å²) in [5.74, 6) is 4.45. The lowest BCUT2D eigenvalue weighted by molar-refractivity contribution is -0.136. The lowest BCUT2D eigenvalue weighted by Gasteiger charge is -2.33. The first-order valence-electron chi connectivity index (χ1n) is 9.91. The van der Waals surface area contributed by atoms with Crippen molar-refractivity contribution in [1.82, 2.24) is 20.1 Å². The van der Waals surface area contributed by atoms with Gasteiger partial charge in [-0.1, -0.05) is 32.6 Å². The van der Waals surface area contributed by atoms with Crippen LogP contribution >= 0.6 is 0 Å². The predicted octanol–water partition coefficient (Wildman–Crippen LogP) is 3.60. The van der Waals surface area contributed by atoms with Gasteiger partial charge in [0.05, 0.1) is 0 Å². The smallest absolute Gasteiger partial charge is 0.225 e. The molecule has 3 fully saturated rings. The maximum Gasteiger partial charge on any atom is 0.225 e. The van der Waals surface area contributed by atoms with Crippen molar-refractivity contribution in [2.75, 3.05) is 13.1 Å². The van der Waals surface area contributed by atoms with Crippen LogP contribution in [0.25, 0.3) is 0 Å². The SMILES string of the molecule is CC(CC1CCCC1)C(=O)N1CCC(c2nc(C3CC3)n[nH]2)CC1. The highest BCUT2D eigenvalue weighted by Crippen LogP contribution is 2.38. The molecule has 1 aliphatic heterocycles. The van der Waals surface area contributed by atoms with Crippen LogP contribution < -0.4 is 0 Å². The topological polar surface area (TPSA) is 61.9 Å². The zero-order valence-corrected chi connectivity index (χ0v) is 14.8. The molecule has 0 bridgehead atoms. The molecule has 2 heterocycles. The Bertz CT molecular complexity index is 566. The molecule has 1 unspecified atom stereocenters. The zero-order valence-electron chi connectivity index (χ0n) is 14.8. The summed E-state index contributed by atoms with van der Waals surface area (Å²) < 4.78 is 0. The highest BCUT2D eigenvalue weighted by molar-refractivity contribution is 5.78. The standard InChI is InChI=1S/C19H30N4O/c1-13(12-14-4-2-3-5-14)19(24)23-10-8-16(9-11-23)18-20-17(21-22-18)15-6-7-15/h13-16H,2-12H2,1H3,(H,20,21,22). The number of nitrogens with one attached hydrogen (secondary N) is 1. The van der Waals surface area contributed by atoms with E-state index in [1.165, 1.54) is 38.5 Å². The van der Waals surface area contributed by atoms with Crippen LogP contribution in [0.15, 0.2) is 0 Å². The van der Waals surface area contributed by atoms with E-state index in [1.807, 2.05) is 0 Å². The first-order chi connectivity index (χ1) is 11.7. The Morgan fingerprint density at radius 3 is 2.50 bits per heavy atom. The van der Waals surface area contributed by atoms with Crippen molar-refractivity contribution in [1.29, 1.82) is 0 Å². The fraction of sp³-hybridized carbons (Fsp3) is 0.842. The molecule has 2 aliphatic carbocycles. The summed E-state index contributed by atoms with van der Waals surface area (Å²) in [5.41, 5.74) is 0. The maximum absolute atomic E-state index is 12.7. The molecule has 132 valence electrons. The number of hydrogen-bond acceptors (Lipinski definition) is 3. The highest BCUT2D eigenvalue weighted by Gasteiger charge is 2.32. The van der Waals surface area contributed by atoms with Gasteiger partial charge in [-0.2, -0.15) is 5.10 Å². The molecule has 0 spiro atoms. The van der Waals surface area contributed by atoms with Gasteiger partial charge in [0.1, 0.15) is 5.82 Å². The highest BCUT2D eigenvalue weighted by atomic mass is 16.2. The second kappa shape index (κ2) is 6.85. The lowest BCUT2D eigenvalue weighted by atomic mass is 9.91. The molecule has 1 atom stereocenters. The lowest BCUT2D eigenvalue weighted by Crippen LogP contribution is -2.41. The molecular weight excluding hydrogens is 300 g/mol. The van der Waals surface area contributed by atoms with E-state index in [0.29, 0.717) is 17.7 Å². The molecule has 5 heteroatoms. The van der Waals surface area contributed by atoms with Crippen molar-refractivity contribution in [3.05, 3.63) is 11.6 Å². The number of likely N-dealkylation sites (tertiary alicyclic amines) is 1. The van der Waals surface area contributed by atoms with Gasteiger partial charge in [0, 0.05) is 30.8 Å². The van der Waals surface area contributed by atoms with Crippen LogP contribution in [0.1, 0.15) is 88.2 Å². The number of nitrogens with zero attached hydrogens (tertiary/aromatic N) is 3. The first-order valence-corrected chi connectivity index (χ1v) is 9.91. The minimum Gasteiger partial charge on any atom is -0.342 e. The summed E-state index contributed by atoms with van der Waals surface area (Å²) in [5, 5.41) is 7.52. The Hall–Kier alpha value is -1.39. The number of piperidine rings is 1. The Balaban J connectivity index is 1.27. The van der Waals surface area contributed by atoms with Crippen LogP contribution in [0.5, 0.6) is 0 Å². The van der Waals surface area contributed by atoms with Crippen LogP contribution in [0, 0.1) is 11.8 Å². The number of aromatic amines is 1. The van der Waals surface area contributed by atoms with Gasteiger partial charge >= 0.3 is 0 Å². The van der Waals surface area contributed by atoms with Crippen molar-refractivity contribution in [2.45, 2.75) is 76.5 Å². The minimum absolute atomic E-state index is 0.191. The fourth-order valence-electron chi connectivity index (χ4n) is 4.53. The molecular formula is C19H30N4O. The molecule has 1 aromatic heterocycles. The van der Waals surface area contributed by atoms with Crippen LogP contribution in [0.4, 0.5) is 0 Å². The number of amides is 1. The molecule has 24 heavy (non-hydrogen) atoms. The van der Waals surface area contributed by atoms with Crippen LogP contribution in [-0.4, -0.2) is 39.1 Å². The second-order valence-electron chi connectivity index (χ2n) is 8.24. The predicted molar refractivity (Wildman–Crippen MR) is 92.7 cm³/mol. The number of rotatable bonds is 5. The van der Waals surface area contributed by atoms with Gasteiger partial charge in [-0.05, 0) is 38.0 Å². The number of aromatic nitrogens is 3. The maximum atomic E-state index is 12.7. The van der Waals surface area contributed by atoms with E-state index < -0.39 is 0 Å². The molecule has 0 radical (unpaired) electrons. The average molecular weight is 330 g/mol. The normalized spacial score (nSPS) is 24.5. The van der Waals surface area contributed by atoms with Gasteiger partial charge < -0.3 is 4.90 Å². The quantitative estimate of drug-likeness (QED) is 0.897. The molecule has 1 amide bonds. The number of carbonyl (C=O) groups is 1. The third-order valence-corrected chi connectivity index (χ3v) is 6.24. The molecule has 5 nitrogen and oxygen atoms in total. The van der Waals surface area contributed by atoms with Crippen LogP contribution in [0.3, 0.4) is 0 Å². The molecule has 1 saturated heterocycles. The van der Waals surface area contributed by atoms with Gasteiger partial charge in [0.25, 0.3) is 0 Å². The molecule has 1 aromatic rings. The Morgan fingerprint density at radius 1 is 1.12 bits per heavy atom. The van der Waals surface area contributed by atoms with E-state index in [4.69, 9.17) is 4.98 Å². The largest absolute Gasteiger partial charge is 0.342 e. The summed E-state index contributed by atoms with van der Waals surface area (Å²) in [6, 6.07) is 0. The Morgan fingerprint density at radius 2 is 1.83 bits per heavy atom. The second-order valence-corrected chi connectivity index (χ2v) is 8.24. The van der Waals surface area contributed by atoms with Gasteiger partial charge in [-0.25, -0.2) is 4.98 Å². The Kier molecular flexibility index (Phi) is 4.59. The fourth-order valence-corrected chi connectivity index (χ4v) is 4.53. The van der Waals surface area contributed by atoms with E-state index in [0.717, 1.165) is 49.9 Å². The van der Waals surface area contributed by atoms with Crippen molar-refractivity contribution in [3.8, 4) is 0 Å². The van der Waals surface area contributed by atoms with Gasteiger partial charge in [-0.15, -0.1) is 0 Å². The van der Waals surface area contributed by atoms with E-state index >= 15 is 0 Å². The summed E-state index contributed by atoms with van der Waals surface area (Å²) in [7, 11) is 0. The molecule has 1 N–H and O–H groups in total. The first kappa shape index (κ1) is 16.1. The zero-order chi connectivity index (χ0) is 16.5.